The van der Waals surface area contributed by atoms with Gasteiger partial charge in [-0.05, 0) is 33.5 Å². The van der Waals surface area contributed by atoms with E-state index in [4.69, 9.17) is 4.55 Å². The van der Waals surface area contributed by atoms with Crippen molar-refractivity contribution in [1.82, 2.24) is 4.90 Å². The van der Waals surface area contributed by atoms with Gasteiger partial charge in [0, 0.05) is 0 Å². The van der Waals surface area contributed by atoms with Crippen LogP contribution in [0.4, 0.5) is 0 Å². The van der Waals surface area contributed by atoms with E-state index in [0.29, 0.717) is 6.61 Å². The predicted octanol–water partition coefficient (Wildman–Crippen LogP) is 0.481. The fourth-order valence-electron chi connectivity index (χ4n) is 0.660. The van der Waals surface area contributed by atoms with E-state index in [9.17, 15) is 4.21 Å². The van der Waals surface area contributed by atoms with E-state index in [2.05, 4.69) is 9.08 Å². The zero-order chi connectivity index (χ0) is 8.69. The average Bonchev–Trinajstić information content (AvgIpc) is 1.85. The molecule has 68 valence electrons. The van der Waals surface area contributed by atoms with E-state index in [1.54, 1.807) is 0 Å². The average molecular weight is 181 g/mol. The Kier molecular flexibility index (Phi) is 6.74. The van der Waals surface area contributed by atoms with Crippen LogP contribution < -0.4 is 0 Å². The smallest absolute Gasteiger partial charge is 0.301 e. The minimum atomic E-state index is -2.09. The van der Waals surface area contributed by atoms with Crippen LogP contribution in [0.3, 0.4) is 0 Å². The van der Waals surface area contributed by atoms with Crippen LogP contribution in [0.15, 0.2) is 0 Å². The van der Waals surface area contributed by atoms with Gasteiger partial charge in [0.05, 0.1) is 6.61 Å². The fourth-order valence-corrected chi connectivity index (χ4v) is 0.921. The third-order valence-electron chi connectivity index (χ3n) is 1.18. The zero-order valence-corrected chi connectivity index (χ0v) is 7.76. The van der Waals surface area contributed by atoms with Gasteiger partial charge in [0.25, 0.3) is 0 Å². The molecule has 0 saturated heterocycles. The maximum Gasteiger partial charge on any atom is 0.301 e. The summed E-state index contributed by atoms with van der Waals surface area (Å²) >= 11 is -2.09. The Bertz CT molecular complexity index is 118. The lowest BCUT2D eigenvalue weighted by atomic mass is 10.3. The van der Waals surface area contributed by atoms with E-state index in [1.807, 2.05) is 14.1 Å². The molecule has 0 aliphatic carbocycles. The van der Waals surface area contributed by atoms with Crippen LogP contribution in [0.2, 0.25) is 0 Å². The molecule has 0 aliphatic heterocycles. The van der Waals surface area contributed by atoms with Gasteiger partial charge in [-0.25, -0.2) is 0 Å². The first-order valence-corrected chi connectivity index (χ1v) is 4.55. The molecule has 0 aromatic heterocycles. The largest absolute Gasteiger partial charge is 0.309 e. The first-order valence-electron chi connectivity index (χ1n) is 3.52. The van der Waals surface area contributed by atoms with Crippen LogP contribution in [-0.4, -0.2) is 40.9 Å². The highest BCUT2D eigenvalue weighted by atomic mass is 32.2. The second kappa shape index (κ2) is 6.72. The molecule has 0 radical (unpaired) electrons. The fraction of sp³-hybridized carbons (Fsp3) is 1.00. The third kappa shape index (κ3) is 10.0. The molecule has 0 bridgehead atoms. The Morgan fingerprint density at radius 2 is 2.09 bits per heavy atom. The molecule has 0 rings (SSSR count). The molecule has 0 aliphatic rings. The molecule has 0 aromatic carbocycles. The molecule has 1 unspecified atom stereocenters. The molecule has 0 heterocycles. The standard InChI is InChI=1S/C6H15NO3S/c1-7(2)5-3-4-6-10-11(8)9/h3-6H2,1-2H3,(H,8,9). The summed E-state index contributed by atoms with van der Waals surface area (Å²) in [5.74, 6) is 0. The van der Waals surface area contributed by atoms with E-state index < -0.39 is 11.4 Å². The SMILES string of the molecule is CN(C)CCCCOS(=O)O. The second-order valence-electron chi connectivity index (χ2n) is 2.55. The van der Waals surface area contributed by atoms with Gasteiger partial charge in [-0.1, -0.05) is 0 Å². The summed E-state index contributed by atoms with van der Waals surface area (Å²) in [7, 11) is 3.98. The molecular weight excluding hydrogens is 166 g/mol. The molecular formula is C6H15NO3S. The van der Waals surface area contributed by atoms with Crippen LogP contribution >= 0.6 is 0 Å². The summed E-state index contributed by atoms with van der Waals surface area (Å²) in [6.45, 7) is 1.35. The maximum absolute atomic E-state index is 9.97. The number of hydrogen-bond donors (Lipinski definition) is 1. The summed E-state index contributed by atoms with van der Waals surface area (Å²) in [4.78, 5) is 2.07. The highest BCUT2D eigenvalue weighted by molar-refractivity contribution is 7.74. The van der Waals surface area contributed by atoms with Crippen LogP contribution in [0, 0.1) is 0 Å². The lowest BCUT2D eigenvalue weighted by molar-refractivity contribution is 0.287. The zero-order valence-electron chi connectivity index (χ0n) is 6.95. The molecule has 0 saturated carbocycles. The van der Waals surface area contributed by atoms with Gasteiger partial charge in [0.2, 0.25) is 0 Å². The van der Waals surface area contributed by atoms with Crippen LogP contribution in [0.25, 0.3) is 0 Å². The summed E-state index contributed by atoms with van der Waals surface area (Å²) in [5.41, 5.74) is 0. The summed E-state index contributed by atoms with van der Waals surface area (Å²) in [5, 5.41) is 0. The Labute approximate surface area is 70.0 Å². The lowest BCUT2D eigenvalue weighted by Crippen LogP contribution is -2.13. The highest BCUT2D eigenvalue weighted by Gasteiger charge is 1.94. The summed E-state index contributed by atoms with van der Waals surface area (Å²) < 4.78 is 22.6. The summed E-state index contributed by atoms with van der Waals surface area (Å²) in [6, 6.07) is 0. The van der Waals surface area contributed by atoms with Crippen molar-refractivity contribution in [2.24, 2.45) is 0 Å². The highest BCUT2D eigenvalue weighted by Crippen LogP contribution is 1.92. The molecule has 5 heteroatoms. The van der Waals surface area contributed by atoms with Crippen LogP contribution in [-0.2, 0) is 15.5 Å². The number of hydrogen-bond acceptors (Lipinski definition) is 3. The van der Waals surface area contributed by atoms with Gasteiger partial charge in [-0.2, -0.15) is 4.21 Å². The van der Waals surface area contributed by atoms with Crippen LogP contribution in [0.5, 0.6) is 0 Å². The molecule has 1 atom stereocenters. The van der Waals surface area contributed by atoms with Crippen LogP contribution in [0.1, 0.15) is 12.8 Å². The molecule has 4 nitrogen and oxygen atoms in total. The molecule has 11 heavy (non-hydrogen) atoms. The monoisotopic (exact) mass is 181 g/mol. The Morgan fingerprint density at radius 3 is 2.55 bits per heavy atom. The molecule has 0 amide bonds. The molecule has 0 fully saturated rings. The van der Waals surface area contributed by atoms with E-state index in [1.165, 1.54) is 0 Å². The lowest BCUT2D eigenvalue weighted by Gasteiger charge is -2.07. The van der Waals surface area contributed by atoms with Crippen molar-refractivity contribution in [3.8, 4) is 0 Å². The molecule has 1 N–H and O–H groups in total. The Hall–Kier alpha value is 0.0300. The minimum Gasteiger partial charge on any atom is -0.309 e. The van der Waals surface area contributed by atoms with Crippen molar-refractivity contribution in [1.29, 1.82) is 0 Å². The Balaban J connectivity index is 2.97. The van der Waals surface area contributed by atoms with E-state index in [0.717, 1.165) is 19.4 Å². The van der Waals surface area contributed by atoms with Crippen molar-refractivity contribution < 1.29 is 12.9 Å². The van der Waals surface area contributed by atoms with Crippen molar-refractivity contribution >= 4 is 11.4 Å². The topological polar surface area (TPSA) is 49.8 Å². The second-order valence-corrected chi connectivity index (χ2v) is 3.22. The van der Waals surface area contributed by atoms with Crippen molar-refractivity contribution in [2.45, 2.75) is 12.8 Å². The Morgan fingerprint density at radius 1 is 1.45 bits per heavy atom. The number of unbranched alkanes of at least 4 members (excludes halogenated alkanes) is 1. The first kappa shape index (κ1) is 11.0. The number of rotatable bonds is 6. The number of nitrogens with zero attached hydrogens (tertiary/aromatic N) is 1. The van der Waals surface area contributed by atoms with Gasteiger partial charge in [0.1, 0.15) is 0 Å². The quantitative estimate of drug-likeness (QED) is 0.478. The van der Waals surface area contributed by atoms with Gasteiger partial charge in [-0.15, -0.1) is 0 Å². The minimum absolute atomic E-state index is 0.358. The van der Waals surface area contributed by atoms with Crippen molar-refractivity contribution in [3.63, 3.8) is 0 Å². The predicted molar refractivity (Wildman–Crippen MR) is 44.5 cm³/mol. The van der Waals surface area contributed by atoms with Crippen molar-refractivity contribution in [3.05, 3.63) is 0 Å². The van der Waals surface area contributed by atoms with Gasteiger partial charge >= 0.3 is 11.4 Å². The third-order valence-corrected chi connectivity index (χ3v) is 1.55. The van der Waals surface area contributed by atoms with E-state index in [-0.39, 0.29) is 0 Å². The normalized spacial score (nSPS) is 13.8. The molecule has 0 aromatic rings. The first-order chi connectivity index (χ1) is 5.13. The maximum atomic E-state index is 9.97. The van der Waals surface area contributed by atoms with Crippen molar-refractivity contribution in [2.75, 3.05) is 27.2 Å². The summed E-state index contributed by atoms with van der Waals surface area (Å²) in [6.07, 6.45) is 1.81. The van der Waals surface area contributed by atoms with Gasteiger partial charge < -0.3 is 4.90 Å². The van der Waals surface area contributed by atoms with Gasteiger partial charge in [0.15, 0.2) is 0 Å². The molecule has 0 spiro atoms. The van der Waals surface area contributed by atoms with E-state index >= 15 is 0 Å². The van der Waals surface area contributed by atoms with Gasteiger partial charge in [-0.3, -0.25) is 8.74 Å².